The van der Waals surface area contributed by atoms with Gasteiger partial charge in [-0.1, -0.05) is 0 Å². The molecule has 0 unspecified atom stereocenters. The average molecular weight is 221 g/mol. The van der Waals surface area contributed by atoms with Crippen LogP contribution in [0.5, 0.6) is 0 Å². The van der Waals surface area contributed by atoms with Crippen LogP contribution >= 0.6 is 0 Å². The molecular formula is C11H15N3O2. The van der Waals surface area contributed by atoms with E-state index in [-0.39, 0.29) is 5.56 Å². The lowest BCUT2D eigenvalue weighted by atomic mass is 9.91. The third-order valence-electron chi connectivity index (χ3n) is 3.07. The zero-order chi connectivity index (χ0) is 11.7. The fourth-order valence-corrected chi connectivity index (χ4v) is 1.86. The van der Waals surface area contributed by atoms with Gasteiger partial charge in [-0.25, -0.2) is 9.78 Å². The van der Waals surface area contributed by atoms with Crippen LogP contribution in [0.25, 0.3) is 0 Å². The summed E-state index contributed by atoms with van der Waals surface area (Å²) >= 11 is 0. The molecule has 1 fully saturated rings. The number of carboxylic acid groups (broad SMARTS) is 1. The Balaban J connectivity index is 2.34. The molecule has 0 aliphatic heterocycles. The van der Waals surface area contributed by atoms with Crippen LogP contribution in [0.3, 0.4) is 0 Å². The SMILES string of the molecule is CN(c1ncc(N)cc1C(=O)O)C1CCC1. The average Bonchev–Trinajstić information content (AvgIpc) is 2.14. The lowest BCUT2D eigenvalue weighted by molar-refractivity contribution is 0.0697. The Bertz CT molecular complexity index is 416. The van der Waals surface area contributed by atoms with Gasteiger partial charge in [0.2, 0.25) is 0 Å². The third kappa shape index (κ3) is 1.80. The van der Waals surface area contributed by atoms with Gasteiger partial charge < -0.3 is 15.7 Å². The van der Waals surface area contributed by atoms with Crippen molar-refractivity contribution in [3.63, 3.8) is 0 Å². The van der Waals surface area contributed by atoms with Crippen molar-refractivity contribution >= 4 is 17.5 Å². The number of carboxylic acids is 1. The van der Waals surface area contributed by atoms with E-state index >= 15 is 0 Å². The summed E-state index contributed by atoms with van der Waals surface area (Å²) in [7, 11) is 1.88. The van der Waals surface area contributed by atoms with E-state index in [1.807, 2.05) is 11.9 Å². The summed E-state index contributed by atoms with van der Waals surface area (Å²) in [6, 6.07) is 1.87. The number of nitrogen functional groups attached to an aromatic ring is 1. The topological polar surface area (TPSA) is 79.5 Å². The molecule has 0 atom stereocenters. The van der Waals surface area contributed by atoms with Gasteiger partial charge in [0.25, 0.3) is 0 Å². The van der Waals surface area contributed by atoms with Crippen molar-refractivity contribution in [2.45, 2.75) is 25.3 Å². The molecule has 3 N–H and O–H groups in total. The molecule has 0 amide bonds. The lowest BCUT2D eigenvalue weighted by Gasteiger charge is -2.36. The number of nitrogens with two attached hydrogens (primary N) is 1. The first-order chi connectivity index (χ1) is 7.59. The minimum absolute atomic E-state index is 0.175. The largest absolute Gasteiger partial charge is 0.478 e. The maximum Gasteiger partial charge on any atom is 0.339 e. The van der Waals surface area contributed by atoms with Gasteiger partial charge in [0, 0.05) is 13.1 Å². The van der Waals surface area contributed by atoms with Crippen LogP contribution in [0.4, 0.5) is 11.5 Å². The number of hydrogen-bond donors (Lipinski definition) is 2. The smallest absolute Gasteiger partial charge is 0.339 e. The predicted molar refractivity (Wildman–Crippen MR) is 61.7 cm³/mol. The molecule has 1 aliphatic rings. The summed E-state index contributed by atoms with van der Waals surface area (Å²) in [5.74, 6) is -0.479. The van der Waals surface area contributed by atoms with Crippen molar-refractivity contribution in [3.05, 3.63) is 17.8 Å². The Labute approximate surface area is 93.9 Å². The Kier molecular flexibility index (Phi) is 2.68. The molecule has 1 aromatic heterocycles. The summed E-state index contributed by atoms with van der Waals surface area (Å²) in [6.07, 6.45) is 4.90. The van der Waals surface area contributed by atoms with Crippen LogP contribution in [0.1, 0.15) is 29.6 Å². The first kappa shape index (κ1) is 10.7. The van der Waals surface area contributed by atoms with Gasteiger partial charge in [-0.05, 0) is 25.3 Å². The van der Waals surface area contributed by atoms with Crippen molar-refractivity contribution in [2.24, 2.45) is 0 Å². The number of aromatic nitrogens is 1. The molecule has 1 aromatic rings. The molecule has 16 heavy (non-hydrogen) atoms. The summed E-state index contributed by atoms with van der Waals surface area (Å²) in [4.78, 5) is 17.1. The van der Waals surface area contributed by atoms with Gasteiger partial charge in [-0.15, -0.1) is 0 Å². The van der Waals surface area contributed by atoms with Crippen molar-refractivity contribution in [2.75, 3.05) is 17.7 Å². The fourth-order valence-electron chi connectivity index (χ4n) is 1.86. The van der Waals surface area contributed by atoms with E-state index in [1.165, 1.54) is 18.7 Å². The number of hydrogen-bond acceptors (Lipinski definition) is 4. The zero-order valence-electron chi connectivity index (χ0n) is 9.18. The third-order valence-corrected chi connectivity index (χ3v) is 3.07. The highest BCUT2D eigenvalue weighted by atomic mass is 16.4. The fraction of sp³-hybridized carbons (Fsp3) is 0.455. The van der Waals surface area contributed by atoms with E-state index < -0.39 is 5.97 Å². The second-order valence-corrected chi connectivity index (χ2v) is 4.14. The van der Waals surface area contributed by atoms with Gasteiger partial charge in [-0.2, -0.15) is 0 Å². The highest BCUT2D eigenvalue weighted by molar-refractivity contribution is 5.94. The predicted octanol–water partition coefficient (Wildman–Crippen LogP) is 1.35. The Morgan fingerprint density at radius 2 is 2.31 bits per heavy atom. The van der Waals surface area contributed by atoms with Crippen molar-refractivity contribution in [1.29, 1.82) is 0 Å². The summed E-state index contributed by atoms with van der Waals surface area (Å²) < 4.78 is 0. The Hall–Kier alpha value is -1.78. The molecule has 0 spiro atoms. The zero-order valence-corrected chi connectivity index (χ0v) is 9.18. The van der Waals surface area contributed by atoms with Crippen LogP contribution in [0.2, 0.25) is 0 Å². The first-order valence-corrected chi connectivity index (χ1v) is 5.31. The number of pyridine rings is 1. The second kappa shape index (κ2) is 4.00. The van der Waals surface area contributed by atoms with Gasteiger partial charge >= 0.3 is 5.97 Å². The molecule has 0 aromatic carbocycles. The number of rotatable bonds is 3. The monoisotopic (exact) mass is 221 g/mol. The van der Waals surface area contributed by atoms with Crippen molar-refractivity contribution < 1.29 is 9.90 Å². The molecule has 2 rings (SSSR count). The van der Waals surface area contributed by atoms with E-state index in [9.17, 15) is 4.79 Å². The summed E-state index contributed by atoms with van der Waals surface area (Å²) in [6.45, 7) is 0. The van der Waals surface area contributed by atoms with Gasteiger partial charge in [0.1, 0.15) is 11.4 Å². The highest BCUT2D eigenvalue weighted by Gasteiger charge is 2.26. The van der Waals surface area contributed by atoms with Gasteiger partial charge in [0.15, 0.2) is 0 Å². The second-order valence-electron chi connectivity index (χ2n) is 4.14. The maximum atomic E-state index is 11.1. The minimum atomic E-state index is -0.985. The van der Waals surface area contributed by atoms with Crippen LogP contribution in [0, 0.1) is 0 Å². The van der Waals surface area contributed by atoms with E-state index in [0.717, 1.165) is 12.8 Å². The summed E-state index contributed by atoms with van der Waals surface area (Å²) in [5.41, 5.74) is 6.10. The van der Waals surface area contributed by atoms with E-state index in [2.05, 4.69) is 4.98 Å². The lowest BCUT2D eigenvalue weighted by Crippen LogP contribution is -2.38. The van der Waals surface area contributed by atoms with Crippen LogP contribution < -0.4 is 10.6 Å². The van der Waals surface area contributed by atoms with Crippen LogP contribution in [-0.4, -0.2) is 29.1 Å². The molecule has 5 nitrogen and oxygen atoms in total. The Morgan fingerprint density at radius 1 is 1.62 bits per heavy atom. The number of aromatic carboxylic acids is 1. The van der Waals surface area contributed by atoms with E-state index in [0.29, 0.717) is 17.5 Å². The van der Waals surface area contributed by atoms with E-state index in [1.54, 1.807) is 0 Å². The molecule has 5 heteroatoms. The normalized spacial score (nSPS) is 15.6. The maximum absolute atomic E-state index is 11.1. The molecule has 0 bridgehead atoms. The number of nitrogens with zero attached hydrogens (tertiary/aromatic N) is 2. The van der Waals surface area contributed by atoms with Gasteiger partial charge in [0.05, 0.1) is 11.9 Å². The summed E-state index contributed by atoms with van der Waals surface area (Å²) in [5, 5.41) is 9.09. The number of anilines is 2. The molecular weight excluding hydrogens is 206 g/mol. The molecule has 1 saturated carbocycles. The standard InChI is InChI=1S/C11H15N3O2/c1-14(8-3-2-4-8)10-9(11(15)16)5-7(12)6-13-10/h5-6,8H,2-4,12H2,1H3,(H,15,16). The van der Waals surface area contributed by atoms with Gasteiger partial charge in [-0.3, -0.25) is 0 Å². The van der Waals surface area contributed by atoms with Crippen LogP contribution in [-0.2, 0) is 0 Å². The molecule has 1 heterocycles. The number of carbonyl (C=O) groups is 1. The molecule has 0 saturated heterocycles. The first-order valence-electron chi connectivity index (χ1n) is 5.31. The molecule has 1 aliphatic carbocycles. The molecule has 86 valence electrons. The van der Waals surface area contributed by atoms with E-state index in [4.69, 9.17) is 10.8 Å². The minimum Gasteiger partial charge on any atom is -0.478 e. The Morgan fingerprint density at radius 3 is 2.81 bits per heavy atom. The highest BCUT2D eigenvalue weighted by Crippen LogP contribution is 2.29. The van der Waals surface area contributed by atoms with Crippen LogP contribution in [0.15, 0.2) is 12.3 Å². The van der Waals surface area contributed by atoms with Crippen molar-refractivity contribution in [3.8, 4) is 0 Å². The quantitative estimate of drug-likeness (QED) is 0.805. The van der Waals surface area contributed by atoms with Crippen molar-refractivity contribution in [1.82, 2.24) is 4.98 Å². The molecule has 0 radical (unpaired) electrons.